The number of hydrogen-bond donors (Lipinski definition) is 12. The molecule has 0 radical (unpaired) electrons. The Balaban J connectivity index is 0.000000137. The maximum Gasteiger partial charge on any atom is 0.277 e. The van der Waals surface area contributed by atoms with Gasteiger partial charge in [-0.05, 0) is 170 Å². The number of pyridine rings is 4. The lowest BCUT2D eigenvalue weighted by molar-refractivity contribution is 0.0334. The fraction of sp³-hybridized carbons (Fsp3) is 0.214. The van der Waals surface area contributed by atoms with Crippen LogP contribution in [0, 0.1) is 27.7 Å². The normalized spacial score (nSPS) is 13.7. The van der Waals surface area contributed by atoms with Gasteiger partial charge in [0.1, 0.15) is 77.0 Å². The Bertz CT molecular complexity index is 7310. The molecule has 3 aromatic carbocycles. The molecule has 35 nitrogen and oxygen atoms in total. The number of benzene rings is 3. The van der Waals surface area contributed by atoms with E-state index in [1.54, 1.807) is 139 Å². The molecule has 3 aliphatic rings. The SMILES string of the molecule is Cc1[nH]c(C(=O)NCN2CCOCC2)c(-c2ccccc2)c1-c1ccnc(Cl)c1.Cc1[nH]c(C(=O)NCc2cccnc2)cc1-c1ccnc(Cl)c1.Cc1[nH]c(C(=O)N[C@H](CN)c2cccc(Cl)c2)c(C)c1-c1cc(Cl)ncn1.O=S(=O)(Nc1ccccc1)c1cc(-c2cc(Cl)ncn2)c[nH]1.O=S(=O)(c1cc(-c2cc(Cl)ncn2)c[nH]1)N1CCNCC1.O=S(=O)(c1cc(-c2ccnc(Cl)c2)c[nH]1)N1CCCCC1. The van der Waals surface area contributed by atoms with Crippen LogP contribution in [-0.4, -0.2) is 215 Å². The molecule has 45 heteroatoms. The molecule has 19 rings (SSSR count). The van der Waals surface area contributed by atoms with Gasteiger partial charge in [0.25, 0.3) is 47.8 Å². The van der Waals surface area contributed by atoms with E-state index in [9.17, 15) is 39.6 Å². The zero-order valence-corrected chi connectivity index (χ0v) is 85.1. The fourth-order valence-electron chi connectivity index (χ4n) is 15.6. The quantitative estimate of drug-likeness (QED) is 0.0197. The van der Waals surface area contributed by atoms with Gasteiger partial charge in [0, 0.05) is 200 Å². The number of piperazine rings is 1. The third-order valence-electron chi connectivity index (χ3n) is 22.7. The minimum atomic E-state index is -3.69. The summed E-state index contributed by atoms with van der Waals surface area (Å²) in [7, 11) is -10.6. The number of nitrogens with zero attached hydrogens (tertiary/aromatic N) is 13. The number of sulfonamides is 3. The first-order valence-corrected chi connectivity index (χ1v) is 51.7. The van der Waals surface area contributed by atoms with Gasteiger partial charge >= 0.3 is 0 Å². The molecule has 143 heavy (non-hydrogen) atoms. The summed E-state index contributed by atoms with van der Waals surface area (Å²) in [6, 6.07) is 51.5. The highest BCUT2D eigenvalue weighted by atomic mass is 35.5. The monoisotopic (exact) mass is 2130 g/mol. The van der Waals surface area contributed by atoms with Gasteiger partial charge in [-0.25, -0.2) is 61.7 Å². The minimum absolute atomic E-state index is 0.0427. The third kappa shape index (κ3) is 28.3. The Hall–Kier alpha value is -13.0. The molecule has 742 valence electrons. The number of piperidine rings is 1. The Morgan fingerprint density at radius 1 is 0.448 bits per heavy atom. The average Bonchev–Trinajstić information content (AvgIpc) is 1.63. The van der Waals surface area contributed by atoms with Crippen LogP contribution in [0.15, 0.2) is 260 Å². The van der Waals surface area contributed by atoms with Crippen LogP contribution in [0.25, 0.3) is 78.3 Å². The van der Waals surface area contributed by atoms with Crippen molar-refractivity contribution in [2.24, 2.45) is 5.73 Å². The Morgan fingerprint density at radius 2 is 0.979 bits per heavy atom. The van der Waals surface area contributed by atoms with Gasteiger partial charge in [-0.2, -0.15) is 17.0 Å². The number of carbonyl (C=O) groups is 3. The highest BCUT2D eigenvalue weighted by molar-refractivity contribution is 7.92. The summed E-state index contributed by atoms with van der Waals surface area (Å²) in [6.45, 7) is 15.3. The van der Waals surface area contributed by atoms with E-state index in [4.69, 9.17) is 91.7 Å². The summed E-state index contributed by atoms with van der Waals surface area (Å²) >= 11 is 41.6. The van der Waals surface area contributed by atoms with E-state index in [-0.39, 0.29) is 50.5 Å². The van der Waals surface area contributed by atoms with Crippen LogP contribution in [0.3, 0.4) is 0 Å². The predicted octanol–water partition coefficient (Wildman–Crippen LogP) is 17.5. The number of hydrogen-bond acceptors (Lipinski definition) is 23. The van der Waals surface area contributed by atoms with E-state index < -0.39 is 30.1 Å². The summed E-state index contributed by atoms with van der Waals surface area (Å²) in [5, 5.41) is 15.2. The van der Waals surface area contributed by atoms with Crippen LogP contribution >= 0.6 is 81.2 Å². The summed E-state index contributed by atoms with van der Waals surface area (Å²) in [5.41, 5.74) is 24.1. The highest BCUT2D eigenvalue weighted by Crippen LogP contribution is 2.40. The first-order valence-electron chi connectivity index (χ1n) is 44.7. The molecule has 0 spiro atoms. The van der Waals surface area contributed by atoms with Crippen molar-refractivity contribution in [2.45, 2.75) is 74.6 Å². The van der Waals surface area contributed by atoms with Gasteiger partial charge in [0.2, 0.25) is 0 Å². The second-order valence-corrected chi connectivity index (χ2v) is 40.7. The third-order valence-corrected chi connectivity index (χ3v) is 29.2. The largest absolute Gasteiger partial charge is 0.379 e. The van der Waals surface area contributed by atoms with Crippen molar-refractivity contribution in [3.05, 3.63) is 331 Å². The van der Waals surface area contributed by atoms with E-state index in [0.29, 0.717) is 147 Å². The van der Waals surface area contributed by atoms with Gasteiger partial charge in [-0.15, -0.1) is 0 Å². The molecule has 1 atom stereocenters. The molecule has 3 amide bonds. The summed E-state index contributed by atoms with van der Waals surface area (Å²) < 4.78 is 85.6. The Labute approximate surface area is 860 Å². The first kappa shape index (κ1) is 106. The molecule has 16 heterocycles. The summed E-state index contributed by atoms with van der Waals surface area (Å²) in [6.07, 6.45) is 20.2. The Kier molecular flexibility index (Phi) is 36.9. The number of rotatable bonds is 24. The van der Waals surface area contributed by atoms with E-state index in [2.05, 4.69) is 111 Å². The molecule has 3 fully saturated rings. The van der Waals surface area contributed by atoms with E-state index >= 15 is 0 Å². The molecule has 3 saturated heterocycles. The molecule has 3 aliphatic heterocycles. The second-order valence-electron chi connectivity index (χ2n) is 32.5. The molecule has 0 aliphatic carbocycles. The van der Waals surface area contributed by atoms with E-state index in [1.807, 2.05) is 113 Å². The lowest BCUT2D eigenvalue weighted by Crippen LogP contribution is -2.46. The lowest BCUT2D eigenvalue weighted by Gasteiger charge is -2.26. The second kappa shape index (κ2) is 49.8. The number of halogens is 7. The number of nitrogens with one attached hydrogen (secondary N) is 11. The number of nitrogens with two attached hydrogens (primary N) is 1. The fourth-order valence-corrected chi connectivity index (χ4v) is 20.8. The average molecular weight is 2130 g/mol. The van der Waals surface area contributed by atoms with Gasteiger partial charge in [-0.1, -0.05) is 154 Å². The maximum atomic E-state index is 13.1. The minimum Gasteiger partial charge on any atom is -0.379 e. The van der Waals surface area contributed by atoms with Crippen LogP contribution in [0.2, 0.25) is 35.9 Å². The Morgan fingerprint density at radius 3 is 1.57 bits per heavy atom. The van der Waals surface area contributed by atoms with Crippen LogP contribution < -0.4 is 31.7 Å². The van der Waals surface area contributed by atoms with Gasteiger partial charge in [0.05, 0.1) is 43.0 Å². The van der Waals surface area contributed by atoms with Crippen molar-refractivity contribution < 1.29 is 44.4 Å². The number of H-pyrrole nitrogens is 6. The number of carbonyl (C=O) groups excluding carboxylic acids is 3. The van der Waals surface area contributed by atoms with Crippen molar-refractivity contribution in [3.8, 4) is 78.3 Å². The van der Waals surface area contributed by atoms with Crippen molar-refractivity contribution in [2.75, 3.05) is 83.5 Å². The molecule has 13 N–H and O–H groups in total. The number of aromatic amines is 6. The van der Waals surface area contributed by atoms with Crippen molar-refractivity contribution in [1.29, 1.82) is 0 Å². The van der Waals surface area contributed by atoms with Crippen molar-refractivity contribution >= 4 is 135 Å². The number of anilines is 1. The van der Waals surface area contributed by atoms with Crippen molar-refractivity contribution in [3.63, 3.8) is 0 Å². The topological polar surface area (TPSA) is 482 Å². The number of morpholine rings is 1. The van der Waals surface area contributed by atoms with E-state index in [1.165, 1.54) is 29.4 Å². The van der Waals surface area contributed by atoms with Crippen LogP contribution in [0.5, 0.6) is 0 Å². The van der Waals surface area contributed by atoms with Gasteiger partial charge in [-0.3, -0.25) is 29.0 Å². The maximum absolute atomic E-state index is 13.1. The van der Waals surface area contributed by atoms with E-state index in [0.717, 1.165) is 116 Å². The van der Waals surface area contributed by atoms with Gasteiger partial charge in [0.15, 0.2) is 5.03 Å². The zero-order valence-electron chi connectivity index (χ0n) is 77.3. The molecule has 0 bridgehead atoms. The number of ether oxygens (including phenoxy) is 1. The molecule has 0 saturated carbocycles. The van der Waals surface area contributed by atoms with Crippen LogP contribution in [0.1, 0.15) is 90.5 Å². The highest BCUT2D eigenvalue weighted by Gasteiger charge is 2.32. The molecule has 13 aromatic heterocycles. The number of aromatic nitrogens is 16. The first-order chi connectivity index (χ1) is 68.8. The summed E-state index contributed by atoms with van der Waals surface area (Å²) in [5.74, 6) is -0.550. The van der Waals surface area contributed by atoms with Crippen LogP contribution in [-0.2, 0) is 41.4 Å². The molecular formula is C98H98Cl7N25O10S3. The molecule has 0 unspecified atom stereocenters. The van der Waals surface area contributed by atoms with Gasteiger partial charge < -0.3 is 61.6 Å². The number of amides is 3. The standard InChI is InChI=1S/C22H23ClN4O2.C19H19Cl2N5O.C17H15ClN4O.C14H11ClN4O2S.C14H16ClN3O2S.C12H14ClN5O2S/c1-15-19(17-7-8-24-18(23)13-17)20(16-5-3-2-4-6-16)21(26-15)22(28)25-14-27-9-11-29-12-10-27;1-10-17(14-7-16(21)24-9-23-14)11(2)25-18(10)19(27)26-15(8-22)12-4-3-5-13(20)6-12;1-11-14(13-4-6-20-16(18)7-13)8-15(22-11)17(23)21-10-12-3-2-5-19-9-12;15-13-7-12(17-9-18-13)10-6-14(16-8-10)22(20,21)19-11-4-2-1-3-5-11;15-13-8-11(4-5-16-13)12-9-14(17-10-12)21(19,20)18-6-2-1-3-7-18;13-11-6-10(16-8-17-11)9-5-12(15-7-9)21(19,20)18-3-1-14-2-4-18/h2-8,13,26H,9-12,14H2,1H3,(H,25,28);3-7,9,15,25H,8,22H2,1-2H3,(H,26,27);2-9,22H,10H2,1H3,(H,21,23);1-9,16,19H;4-5,8-10,17H,1-3,6-7H2;5-8,14-15H,1-4H2/t;15-;;;;/m.1..../s1. The number of para-hydroxylation sites is 1. The smallest absolute Gasteiger partial charge is 0.277 e. The van der Waals surface area contributed by atoms with Crippen molar-refractivity contribution in [1.82, 2.24) is 115 Å². The zero-order chi connectivity index (χ0) is 101. The predicted molar refractivity (Wildman–Crippen MR) is 554 cm³/mol. The summed E-state index contributed by atoms with van der Waals surface area (Å²) in [4.78, 5) is 98.3. The van der Waals surface area contributed by atoms with Crippen LogP contribution in [0.4, 0.5) is 5.69 Å². The molecule has 16 aromatic rings. The lowest BCUT2D eigenvalue weighted by atomic mass is 9.95. The number of aryl methyl sites for hydroxylation is 3. The molecular weight excluding hydrogens is 2030 g/mol.